The summed E-state index contributed by atoms with van der Waals surface area (Å²) in [5.41, 5.74) is 0. The molecular weight excluding hydrogens is 226 g/mol. The summed E-state index contributed by atoms with van der Waals surface area (Å²) in [6, 6.07) is 0.155. The molecule has 0 bridgehead atoms. The lowest BCUT2D eigenvalue weighted by atomic mass is 10.0. The highest BCUT2D eigenvalue weighted by molar-refractivity contribution is 7.92. The molecule has 1 heterocycles. The van der Waals surface area contributed by atoms with E-state index >= 15 is 0 Å². The Balaban J connectivity index is 2.71. The van der Waals surface area contributed by atoms with Crippen LogP contribution in [0.4, 0.5) is 0 Å². The fourth-order valence-corrected chi connectivity index (χ4v) is 2.29. The Morgan fingerprint density at radius 1 is 1.44 bits per heavy atom. The first-order valence-electron chi connectivity index (χ1n) is 5.59. The molecule has 5 heteroatoms. The first kappa shape index (κ1) is 13.6. The SMILES string of the molecule is CC1CC(=O)CCN1CC(C)(C)S(C)(=O)=O. The third-order valence-corrected chi connectivity index (χ3v) is 5.55. The molecule has 1 unspecified atom stereocenters. The number of hydrogen-bond acceptors (Lipinski definition) is 4. The Bertz CT molecular complexity index is 373. The highest BCUT2D eigenvalue weighted by atomic mass is 32.2. The molecule has 1 rings (SSSR count). The summed E-state index contributed by atoms with van der Waals surface area (Å²) in [5.74, 6) is 0.279. The summed E-state index contributed by atoms with van der Waals surface area (Å²) in [6.07, 6.45) is 2.36. The molecule has 0 N–H and O–H groups in total. The zero-order chi connectivity index (χ0) is 12.6. The Hall–Kier alpha value is -0.420. The Kier molecular flexibility index (Phi) is 3.80. The smallest absolute Gasteiger partial charge is 0.153 e. The van der Waals surface area contributed by atoms with Crippen molar-refractivity contribution in [2.75, 3.05) is 19.3 Å². The van der Waals surface area contributed by atoms with E-state index in [2.05, 4.69) is 4.90 Å². The highest BCUT2D eigenvalue weighted by Crippen LogP contribution is 2.22. The largest absolute Gasteiger partial charge is 0.300 e. The van der Waals surface area contributed by atoms with E-state index in [0.717, 1.165) is 0 Å². The Labute approximate surface area is 97.9 Å². The average molecular weight is 247 g/mol. The number of rotatable bonds is 3. The van der Waals surface area contributed by atoms with Crippen molar-refractivity contribution >= 4 is 15.6 Å². The van der Waals surface area contributed by atoms with Crippen molar-refractivity contribution in [2.45, 2.75) is 44.4 Å². The number of carbonyl (C=O) groups is 1. The van der Waals surface area contributed by atoms with Gasteiger partial charge in [-0.25, -0.2) is 8.42 Å². The van der Waals surface area contributed by atoms with Gasteiger partial charge in [0.1, 0.15) is 5.78 Å². The minimum Gasteiger partial charge on any atom is -0.300 e. The molecule has 1 aliphatic heterocycles. The number of Topliss-reactive ketones (excluding diaryl/α,β-unsaturated/α-hetero) is 1. The summed E-state index contributed by atoms with van der Waals surface area (Å²) in [4.78, 5) is 13.3. The number of piperidine rings is 1. The van der Waals surface area contributed by atoms with E-state index in [4.69, 9.17) is 0 Å². The van der Waals surface area contributed by atoms with Gasteiger partial charge in [-0.3, -0.25) is 9.69 Å². The quantitative estimate of drug-likeness (QED) is 0.742. The van der Waals surface area contributed by atoms with Crippen molar-refractivity contribution in [1.29, 1.82) is 0 Å². The maximum absolute atomic E-state index is 11.6. The number of likely N-dealkylation sites (tertiary alicyclic amines) is 1. The van der Waals surface area contributed by atoms with Crippen molar-refractivity contribution in [3.63, 3.8) is 0 Å². The van der Waals surface area contributed by atoms with Crippen LogP contribution in [0, 0.1) is 0 Å². The van der Waals surface area contributed by atoms with Gasteiger partial charge >= 0.3 is 0 Å². The van der Waals surface area contributed by atoms with Gasteiger partial charge in [0.25, 0.3) is 0 Å². The van der Waals surface area contributed by atoms with Gasteiger partial charge in [0.05, 0.1) is 4.75 Å². The molecule has 0 radical (unpaired) electrons. The van der Waals surface area contributed by atoms with E-state index in [9.17, 15) is 13.2 Å². The second kappa shape index (κ2) is 4.45. The lowest BCUT2D eigenvalue weighted by Gasteiger charge is -2.37. The lowest BCUT2D eigenvalue weighted by Crippen LogP contribution is -2.50. The number of sulfone groups is 1. The van der Waals surface area contributed by atoms with Crippen molar-refractivity contribution in [3.8, 4) is 0 Å². The molecule has 94 valence electrons. The molecule has 16 heavy (non-hydrogen) atoms. The predicted molar refractivity (Wildman–Crippen MR) is 64.2 cm³/mol. The van der Waals surface area contributed by atoms with Crippen LogP contribution >= 0.6 is 0 Å². The number of hydrogen-bond donors (Lipinski definition) is 0. The second-order valence-electron chi connectivity index (χ2n) is 5.34. The van der Waals surface area contributed by atoms with E-state index in [1.54, 1.807) is 13.8 Å². The molecule has 1 saturated heterocycles. The minimum absolute atomic E-state index is 0.155. The van der Waals surface area contributed by atoms with Gasteiger partial charge in [-0.15, -0.1) is 0 Å². The first-order chi connectivity index (χ1) is 7.13. The van der Waals surface area contributed by atoms with Crippen molar-refractivity contribution in [2.24, 2.45) is 0 Å². The fourth-order valence-electron chi connectivity index (χ4n) is 1.89. The van der Waals surface area contributed by atoms with Gasteiger partial charge in [0.15, 0.2) is 9.84 Å². The summed E-state index contributed by atoms with van der Waals surface area (Å²) in [7, 11) is -3.07. The van der Waals surface area contributed by atoms with Crippen LogP contribution in [0.2, 0.25) is 0 Å². The molecule has 0 saturated carbocycles. The fraction of sp³-hybridized carbons (Fsp3) is 0.909. The van der Waals surface area contributed by atoms with Crippen LogP contribution in [-0.4, -0.2) is 49.2 Å². The van der Waals surface area contributed by atoms with E-state index < -0.39 is 14.6 Å². The molecule has 0 aromatic carbocycles. The van der Waals surface area contributed by atoms with E-state index in [1.807, 2.05) is 6.92 Å². The topological polar surface area (TPSA) is 54.5 Å². The summed E-state index contributed by atoms with van der Waals surface area (Å²) in [5, 5.41) is 0. The van der Waals surface area contributed by atoms with Crippen LogP contribution in [0.5, 0.6) is 0 Å². The summed E-state index contributed by atoms with van der Waals surface area (Å²) in [6.45, 7) is 6.64. The first-order valence-corrected chi connectivity index (χ1v) is 7.48. The zero-order valence-corrected chi connectivity index (χ0v) is 11.3. The van der Waals surface area contributed by atoms with Crippen molar-refractivity contribution < 1.29 is 13.2 Å². The van der Waals surface area contributed by atoms with Crippen molar-refractivity contribution in [1.82, 2.24) is 4.90 Å². The van der Waals surface area contributed by atoms with Gasteiger partial charge in [-0.2, -0.15) is 0 Å². The van der Waals surface area contributed by atoms with Crippen LogP contribution in [0.1, 0.15) is 33.6 Å². The van der Waals surface area contributed by atoms with Gasteiger partial charge < -0.3 is 0 Å². The van der Waals surface area contributed by atoms with Gasteiger partial charge in [0, 0.05) is 38.2 Å². The lowest BCUT2D eigenvalue weighted by molar-refractivity contribution is -0.123. The average Bonchev–Trinajstić information content (AvgIpc) is 2.08. The molecular formula is C11H21NO3S. The number of carbonyl (C=O) groups excluding carboxylic acids is 1. The monoisotopic (exact) mass is 247 g/mol. The summed E-state index contributed by atoms with van der Waals surface area (Å²) < 4.78 is 22.5. The molecule has 4 nitrogen and oxygen atoms in total. The third kappa shape index (κ3) is 3.04. The van der Waals surface area contributed by atoms with Gasteiger partial charge in [-0.05, 0) is 20.8 Å². The van der Waals surface area contributed by atoms with Crippen LogP contribution < -0.4 is 0 Å². The molecule has 0 aliphatic carbocycles. The van der Waals surface area contributed by atoms with Gasteiger partial charge in [0.2, 0.25) is 0 Å². The van der Waals surface area contributed by atoms with E-state index in [0.29, 0.717) is 25.9 Å². The Morgan fingerprint density at radius 2 is 2.00 bits per heavy atom. The number of nitrogens with zero attached hydrogens (tertiary/aromatic N) is 1. The Morgan fingerprint density at radius 3 is 2.44 bits per heavy atom. The molecule has 1 fully saturated rings. The van der Waals surface area contributed by atoms with E-state index in [-0.39, 0.29) is 11.8 Å². The molecule has 0 amide bonds. The molecule has 0 spiro atoms. The van der Waals surface area contributed by atoms with Crippen LogP contribution in [-0.2, 0) is 14.6 Å². The molecule has 1 atom stereocenters. The van der Waals surface area contributed by atoms with E-state index in [1.165, 1.54) is 6.26 Å². The normalized spacial score (nSPS) is 24.8. The number of ketones is 1. The maximum atomic E-state index is 11.6. The zero-order valence-electron chi connectivity index (χ0n) is 10.5. The molecule has 0 aromatic rings. The van der Waals surface area contributed by atoms with Crippen LogP contribution in [0.25, 0.3) is 0 Å². The maximum Gasteiger partial charge on any atom is 0.153 e. The molecule has 0 aromatic heterocycles. The standard InChI is InChI=1S/C11H21NO3S/c1-9-7-10(13)5-6-12(9)8-11(2,3)16(4,14)15/h9H,5-8H2,1-4H3. The van der Waals surface area contributed by atoms with Gasteiger partial charge in [-0.1, -0.05) is 0 Å². The molecule has 1 aliphatic rings. The van der Waals surface area contributed by atoms with Crippen LogP contribution in [0.3, 0.4) is 0 Å². The second-order valence-corrected chi connectivity index (χ2v) is 7.99. The minimum atomic E-state index is -3.07. The third-order valence-electron chi connectivity index (χ3n) is 3.41. The summed E-state index contributed by atoms with van der Waals surface area (Å²) >= 11 is 0. The predicted octanol–water partition coefficient (Wildman–Crippen LogP) is 0.863. The van der Waals surface area contributed by atoms with Crippen LogP contribution in [0.15, 0.2) is 0 Å². The van der Waals surface area contributed by atoms with Crippen molar-refractivity contribution in [3.05, 3.63) is 0 Å². The highest BCUT2D eigenvalue weighted by Gasteiger charge is 2.35.